The number of benzene rings is 1. The summed E-state index contributed by atoms with van der Waals surface area (Å²) < 4.78 is 1.33. The van der Waals surface area contributed by atoms with Crippen LogP contribution in [0.3, 0.4) is 0 Å². The zero-order valence-electron chi connectivity index (χ0n) is 11.1. The second kappa shape index (κ2) is 6.04. The molecule has 2 aromatic heterocycles. The predicted molar refractivity (Wildman–Crippen MR) is 93.1 cm³/mol. The Bertz CT molecular complexity index is 684. The van der Waals surface area contributed by atoms with E-state index >= 15 is 0 Å². The number of nitrogens with two attached hydrogens (primary N) is 1. The van der Waals surface area contributed by atoms with E-state index in [1.165, 1.54) is 25.8 Å². The van der Waals surface area contributed by atoms with Gasteiger partial charge in [-0.1, -0.05) is 36.4 Å². The molecule has 2 heterocycles. The zero-order chi connectivity index (χ0) is 13.9. The van der Waals surface area contributed by atoms with Crippen LogP contribution >= 0.6 is 34.4 Å². The number of hydrogen-bond donors (Lipinski definition) is 1. The summed E-state index contributed by atoms with van der Waals surface area (Å²) in [5, 5.41) is 3.05. The fraction of sp³-hybridized carbons (Fsp3) is 0.125. The Kier molecular flexibility index (Phi) is 4.15. The Morgan fingerprint density at radius 1 is 1.10 bits per heavy atom. The molecule has 0 radical (unpaired) electrons. The quantitative estimate of drug-likeness (QED) is 0.654. The molecule has 0 aliphatic rings. The summed E-state index contributed by atoms with van der Waals surface area (Å²) >= 11 is 5.30. The topological polar surface area (TPSA) is 26.0 Å². The lowest BCUT2D eigenvalue weighted by atomic mass is 10.0. The lowest BCUT2D eigenvalue weighted by molar-refractivity contribution is 1.21. The van der Waals surface area contributed by atoms with Gasteiger partial charge in [0.05, 0.1) is 9.21 Å². The van der Waals surface area contributed by atoms with Crippen molar-refractivity contribution < 1.29 is 0 Å². The van der Waals surface area contributed by atoms with Gasteiger partial charge in [0, 0.05) is 16.9 Å². The number of rotatable bonds is 4. The minimum absolute atomic E-state index is 0.923. The van der Waals surface area contributed by atoms with Gasteiger partial charge >= 0.3 is 0 Å². The lowest BCUT2D eigenvalue weighted by Crippen LogP contribution is -1.91. The largest absolute Gasteiger partial charge is 0.390 e. The maximum absolute atomic E-state index is 6.29. The summed E-state index contributed by atoms with van der Waals surface area (Å²) in [5.41, 5.74) is 10.1. The Hall–Kier alpha value is -1.23. The van der Waals surface area contributed by atoms with E-state index in [4.69, 9.17) is 5.73 Å². The van der Waals surface area contributed by atoms with E-state index in [-0.39, 0.29) is 0 Å². The van der Waals surface area contributed by atoms with Gasteiger partial charge in [-0.15, -0.1) is 34.4 Å². The van der Waals surface area contributed by atoms with Crippen molar-refractivity contribution in [2.45, 2.75) is 10.6 Å². The van der Waals surface area contributed by atoms with Crippen molar-refractivity contribution in [2.24, 2.45) is 0 Å². The fourth-order valence-electron chi connectivity index (χ4n) is 2.30. The normalized spacial score (nSPS) is 10.8. The van der Waals surface area contributed by atoms with Crippen LogP contribution in [0.15, 0.2) is 52.1 Å². The third-order valence-corrected chi connectivity index (χ3v) is 6.28. The van der Waals surface area contributed by atoms with Gasteiger partial charge in [0.2, 0.25) is 0 Å². The SMILES string of the molecule is CSc1sc(N)c(-c2ccccc2)c1Cc1cccs1. The molecule has 20 heavy (non-hydrogen) atoms. The molecule has 3 aromatic rings. The minimum atomic E-state index is 0.923. The van der Waals surface area contributed by atoms with Gasteiger partial charge in [-0.3, -0.25) is 0 Å². The molecule has 0 spiro atoms. The summed E-state index contributed by atoms with van der Waals surface area (Å²) in [6.45, 7) is 0. The first kappa shape index (κ1) is 13.7. The second-order valence-corrected chi connectivity index (χ2v) is 7.59. The van der Waals surface area contributed by atoms with Crippen LogP contribution in [0.25, 0.3) is 11.1 Å². The van der Waals surface area contributed by atoms with Crippen molar-refractivity contribution in [1.82, 2.24) is 0 Å². The average molecular weight is 318 g/mol. The van der Waals surface area contributed by atoms with Gasteiger partial charge < -0.3 is 5.73 Å². The van der Waals surface area contributed by atoms with Crippen LogP contribution in [0, 0.1) is 0 Å². The third-order valence-electron chi connectivity index (χ3n) is 3.18. The van der Waals surface area contributed by atoms with Crippen LogP contribution < -0.4 is 5.73 Å². The van der Waals surface area contributed by atoms with Gasteiger partial charge in [0.25, 0.3) is 0 Å². The molecular formula is C16H15NS3. The number of anilines is 1. The van der Waals surface area contributed by atoms with E-state index in [0.29, 0.717) is 0 Å². The summed E-state index contributed by atoms with van der Waals surface area (Å²) in [6, 6.07) is 14.8. The highest BCUT2D eigenvalue weighted by atomic mass is 32.2. The molecule has 4 heteroatoms. The van der Waals surface area contributed by atoms with Gasteiger partial charge in [-0.2, -0.15) is 0 Å². The van der Waals surface area contributed by atoms with E-state index in [9.17, 15) is 0 Å². The first-order valence-electron chi connectivity index (χ1n) is 6.32. The molecule has 1 nitrogen and oxygen atoms in total. The van der Waals surface area contributed by atoms with Crippen LogP contribution in [-0.2, 0) is 6.42 Å². The molecule has 102 valence electrons. The summed E-state index contributed by atoms with van der Waals surface area (Å²) in [4.78, 5) is 1.38. The molecule has 3 rings (SSSR count). The van der Waals surface area contributed by atoms with Crippen LogP contribution in [0.1, 0.15) is 10.4 Å². The van der Waals surface area contributed by atoms with E-state index in [1.54, 1.807) is 34.4 Å². The molecule has 1 aromatic carbocycles. The molecule has 0 bridgehead atoms. The van der Waals surface area contributed by atoms with Gasteiger partial charge in [0.15, 0.2) is 0 Å². The van der Waals surface area contributed by atoms with Crippen LogP contribution in [0.5, 0.6) is 0 Å². The molecule has 0 saturated heterocycles. The average Bonchev–Trinajstić information content (AvgIpc) is 3.08. The number of hydrogen-bond acceptors (Lipinski definition) is 4. The third kappa shape index (κ3) is 2.64. The monoisotopic (exact) mass is 317 g/mol. The summed E-state index contributed by atoms with van der Waals surface area (Å²) in [7, 11) is 0. The predicted octanol–water partition coefficient (Wildman–Crippen LogP) is 5.37. The van der Waals surface area contributed by atoms with Crippen LogP contribution in [0.4, 0.5) is 5.00 Å². The molecule has 0 unspecified atom stereocenters. The first-order valence-corrected chi connectivity index (χ1v) is 9.24. The zero-order valence-corrected chi connectivity index (χ0v) is 13.6. The molecule has 0 amide bonds. The standard InChI is InChI=1S/C16H15NS3/c1-18-16-13(10-12-8-5-9-19-12)14(15(17)20-16)11-6-3-2-4-7-11/h2-9H,10,17H2,1H3. The van der Waals surface area contributed by atoms with Crippen molar-refractivity contribution >= 4 is 39.4 Å². The smallest absolute Gasteiger partial charge is 0.0950 e. The molecule has 0 atom stereocenters. The minimum Gasteiger partial charge on any atom is -0.390 e. The maximum Gasteiger partial charge on any atom is 0.0950 e. The van der Waals surface area contributed by atoms with E-state index in [2.05, 4.69) is 48.0 Å². The Morgan fingerprint density at radius 2 is 1.90 bits per heavy atom. The van der Waals surface area contributed by atoms with Gasteiger partial charge in [-0.25, -0.2) is 0 Å². The Morgan fingerprint density at radius 3 is 2.55 bits per heavy atom. The van der Waals surface area contributed by atoms with Crippen LogP contribution in [-0.4, -0.2) is 6.26 Å². The highest BCUT2D eigenvalue weighted by Gasteiger charge is 2.18. The van der Waals surface area contributed by atoms with Crippen molar-refractivity contribution in [3.05, 3.63) is 58.3 Å². The van der Waals surface area contributed by atoms with E-state index in [0.717, 1.165) is 11.4 Å². The number of thiophene rings is 2. The summed E-state index contributed by atoms with van der Waals surface area (Å²) in [5.74, 6) is 0. The molecule has 0 aliphatic carbocycles. The van der Waals surface area contributed by atoms with Crippen molar-refractivity contribution in [1.29, 1.82) is 0 Å². The number of nitrogen functional groups attached to an aromatic ring is 1. The van der Waals surface area contributed by atoms with Crippen LogP contribution in [0.2, 0.25) is 0 Å². The molecular weight excluding hydrogens is 302 g/mol. The summed E-state index contributed by atoms with van der Waals surface area (Å²) in [6.07, 6.45) is 3.09. The Balaban J connectivity index is 2.11. The van der Waals surface area contributed by atoms with Gasteiger partial charge in [-0.05, 0) is 28.8 Å². The maximum atomic E-state index is 6.29. The van der Waals surface area contributed by atoms with Crippen molar-refractivity contribution in [3.63, 3.8) is 0 Å². The molecule has 0 fully saturated rings. The highest BCUT2D eigenvalue weighted by Crippen LogP contribution is 2.44. The molecule has 0 aliphatic heterocycles. The fourth-order valence-corrected chi connectivity index (χ4v) is 4.88. The van der Waals surface area contributed by atoms with E-state index in [1.807, 2.05) is 6.07 Å². The highest BCUT2D eigenvalue weighted by molar-refractivity contribution is 8.00. The van der Waals surface area contributed by atoms with Crippen molar-refractivity contribution in [2.75, 3.05) is 12.0 Å². The molecule has 0 saturated carbocycles. The number of thioether (sulfide) groups is 1. The van der Waals surface area contributed by atoms with E-state index < -0.39 is 0 Å². The Labute approximate surface area is 131 Å². The van der Waals surface area contributed by atoms with Gasteiger partial charge in [0.1, 0.15) is 0 Å². The molecule has 2 N–H and O–H groups in total. The lowest BCUT2D eigenvalue weighted by Gasteiger charge is -2.06. The van der Waals surface area contributed by atoms with Crippen molar-refractivity contribution in [3.8, 4) is 11.1 Å². The first-order chi connectivity index (χ1) is 9.79. The second-order valence-electron chi connectivity index (χ2n) is 4.43.